The van der Waals surface area contributed by atoms with Crippen molar-refractivity contribution in [1.82, 2.24) is 0 Å². The smallest absolute Gasteiger partial charge is 0.170 e. The minimum absolute atomic E-state index is 0.00101. The summed E-state index contributed by atoms with van der Waals surface area (Å²) >= 11 is 3.37. The second-order valence-electron chi connectivity index (χ2n) is 9.99. The largest absolute Gasteiger partial charge is 0.298 e. The Balaban J connectivity index is 1.43. The van der Waals surface area contributed by atoms with Crippen LogP contribution in [-0.4, -0.2) is 22.1 Å². The van der Waals surface area contributed by atoms with Gasteiger partial charge in [0.25, 0.3) is 0 Å². The van der Waals surface area contributed by atoms with E-state index in [1.165, 1.54) is 16.0 Å². The molecule has 34 heavy (non-hydrogen) atoms. The van der Waals surface area contributed by atoms with Crippen LogP contribution in [0.3, 0.4) is 0 Å². The highest BCUT2D eigenvalue weighted by Gasteiger charge is 2.40. The van der Waals surface area contributed by atoms with E-state index < -0.39 is 0 Å². The molecule has 2 aromatic rings. The first-order chi connectivity index (χ1) is 16.3. The Bertz CT molecular complexity index is 1240. The number of Topliss-reactive ketones (excluding diaryl/α,β-unsaturated/α-hetero) is 2. The third kappa shape index (κ3) is 4.67. The summed E-state index contributed by atoms with van der Waals surface area (Å²) in [5, 5.41) is -0.133. The van der Waals surface area contributed by atoms with Crippen molar-refractivity contribution in [3.63, 3.8) is 0 Å². The Morgan fingerprint density at radius 3 is 2.29 bits per heavy atom. The summed E-state index contributed by atoms with van der Waals surface area (Å²) in [6, 6.07) is 18.8. The lowest BCUT2D eigenvalue weighted by molar-refractivity contribution is -0.125. The fourth-order valence-corrected chi connectivity index (χ4v) is 6.91. The van der Waals surface area contributed by atoms with Gasteiger partial charge in [-0.3, -0.25) is 9.59 Å². The minimum Gasteiger partial charge on any atom is -0.298 e. The Morgan fingerprint density at radius 2 is 1.59 bits per heavy atom. The Morgan fingerprint density at radius 1 is 0.882 bits per heavy atom. The molecular weight excluding hydrogens is 456 g/mol. The maximum Gasteiger partial charge on any atom is 0.170 e. The van der Waals surface area contributed by atoms with Crippen LogP contribution in [0.15, 0.2) is 111 Å². The number of allylic oxidation sites excluding steroid dienone is 6. The highest BCUT2D eigenvalue weighted by molar-refractivity contribution is 8.01. The van der Waals surface area contributed by atoms with Crippen LogP contribution in [0.25, 0.3) is 0 Å². The van der Waals surface area contributed by atoms with Crippen molar-refractivity contribution in [2.45, 2.75) is 52.9 Å². The van der Waals surface area contributed by atoms with Crippen LogP contribution in [0.2, 0.25) is 0 Å². The van der Waals surface area contributed by atoms with Gasteiger partial charge in [-0.05, 0) is 46.4 Å². The summed E-state index contributed by atoms with van der Waals surface area (Å²) in [6.45, 7) is 6.59. The normalized spacial score (nSPS) is 24.1. The first-order valence-electron chi connectivity index (χ1n) is 11.7. The topological polar surface area (TPSA) is 34.1 Å². The molecule has 3 unspecified atom stereocenters. The summed E-state index contributed by atoms with van der Waals surface area (Å²) in [6.07, 6.45) is 10.6. The zero-order chi connectivity index (χ0) is 23.9. The molecule has 1 fully saturated rings. The summed E-state index contributed by atoms with van der Waals surface area (Å²) in [7, 11) is 0. The molecule has 0 aromatic heterocycles. The van der Waals surface area contributed by atoms with Gasteiger partial charge in [0.15, 0.2) is 11.6 Å². The van der Waals surface area contributed by atoms with E-state index in [2.05, 4.69) is 99.7 Å². The third-order valence-corrected chi connectivity index (χ3v) is 9.07. The number of carbonyl (C=O) groups excluding carboxylic acids is 2. The van der Waals surface area contributed by atoms with Gasteiger partial charge in [-0.15, -0.1) is 23.5 Å². The molecule has 2 aromatic carbocycles. The SMILES string of the molecule is CC(C)(C)c1ccc(SC2C(=O)CC(=O)C3=CC4C(=CC=CC4Sc4ccccc4)C=C32)cc1. The molecule has 0 N–H and O–H groups in total. The zero-order valence-corrected chi connectivity index (χ0v) is 21.3. The van der Waals surface area contributed by atoms with Crippen molar-refractivity contribution in [3.05, 3.63) is 107 Å². The lowest BCUT2D eigenvalue weighted by Crippen LogP contribution is -2.35. The summed E-state index contributed by atoms with van der Waals surface area (Å²) in [5.74, 6) is 0.0787. The second-order valence-corrected chi connectivity index (χ2v) is 12.4. The highest BCUT2D eigenvalue weighted by atomic mass is 32.2. The van der Waals surface area contributed by atoms with Crippen LogP contribution in [0.5, 0.6) is 0 Å². The number of rotatable bonds is 4. The van der Waals surface area contributed by atoms with Crippen molar-refractivity contribution in [3.8, 4) is 0 Å². The van der Waals surface area contributed by atoms with Crippen LogP contribution >= 0.6 is 23.5 Å². The average molecular weight is 485 g/mol. The lowest BCUT2D eigenvalue weighted by Gasteiger charge is -2.34. The van der Waals surface area contributed by atoms with Crippen molar-refractivity contribution < 1.29 is 9.59 Å². The Labute approximate surface area is 210 Å². The standard InChI is InChI=1S/C30H28O2S2/c1-30(2,3)20-12-14-22(15-13-20)34-29-25-16-19-8-7-11-28(33-21-9-5-4-6-10-21)23(19)17-24(25)26(31)18-27(29)32/h4-17,23,28-29H,18H2,1-3H3. The lowest BCUT2D eigenvalue weighted by atomic mass is 9.76. The number of benzene rings is 2. The second kappa shape index (κ2) is 9.24. The molecule has 0 radical (unpaired) electrons. The predicted octanol–water partition coefficient (Wildman–Crippen LogP) is 7.13. The van der Waals surface area contributed by atoms with Gasteiger partial charge in [-0.25, -0.2) is 0 Å². The molecule has 0 heterocycles. The maximum atomic E-state index is 13.0. The molecule has 3 atom stereocenters. The quantitative estimate of drug-likeness (QED) is 0.433. The number of carbonyl (C=O) groups is 2. The molecule has 0 spiro atoms. The van der Waals surface area contributed by atoms with Gasteiger partial charge in [0.1, 0.15) is 0 Å². The van der Waals surface area contributed by atoms with Gasteiger partial charge in [-0.2, -0.15) is 0 Å². The van der Waals surface area contributed by atoms with Crippen LogP contribution in [0, 0.1) is 5.92 Å². The van der Waals surface area contributed by atoms with Crippen molar-refractivity contribution in [2.75, 3.05) is 0 Å². The Hall–Kier alpha value is -2.56. The molecule has 4 heteroatoms. The fourth-order valence-electron chi connectivity index (χ4n) is 4.62. The molecule has 0 aliphatic heterocycles. The number of fused-ring (bicyclic) bond motifs is 2. The van der Waals surface area contributed by atoms with E-state index in [0.29, 0.717) is 0 Å². The van der Waals surface area contributed by atoms with E-state index in [0.717, 1.165) is 16.0 Å². The van der Waals surface area contributed by atoms with E-state index in [9.17, 15) is 9.59 Å². The van der Waals surface area contributed by atoms with E-state index >= 15 is 0 Å². The van der Waals surface area contributed by atoms with E-state index in [1.54, 1.807) is 11.8 Å². The van der Waals surface area contributed by atoms with E-state index in [1.807, 2.05) is 17.8 Å². The van der Waals surface area contributed by atoms with Gasteiger partial charge in [0, 0.05) is 26.5 Å². The molecule has 0 amide bonds. The summed E-state index contributed by atoms with van der Waals surface area (Å²) in [4.78, 5) is 28.2. The number of hydrogen-bond acceptors (Lipinski definition) is 4. The van der Waals surface area contributed by atoms with Crippen molar-refractivity contribution in [1.29, 1.82) is 0 Å². The van der Waals surface area contributed by atoms with Crippen LogP contribution in [0.1, 0.15) is 32.8 Å². The molecule has 5 rings (SSSR count). The monoisotopic (exact) mass is 484 g/mol. The van der Waals surface area contributed by atoms with Gasteiger partial charge < -0.3 is 0 Å². The molecule has 0 saturated heterocycles. The van der Waals surface area contributed by atoms with E-state index in [4.69, 9.17) is 0 Å². The van der Waals surface area contributed by atoms with Crippen molar-refractivity contribution in [2.24, 2.45) is 5.92 Å². The van der Waals surface area contributed by atoms with Crippen molar-refractivity contribution >= 4 is 35.1 Å². The van der Waals surface area contributed by atoms with Gasteiger partial charge in [0.2, 0.25) is 0 Å². The maximum absolute atomic E-state index is 13.0. The minimum atomic E-state index is -0.350. The molecule has 1 saturated carbocycles. The van der Waals surface area contributed by atoms with Gasteiger partial charge in [-0.1, -0.05) is 81.5 Å². The molecule has 3 aliphatic rings. The molecule has 172 valence electrons. The van der Waals surface area contributed by atoms with Crippen LogP contribution in [-0.2, 0) is 15.0 Å². The fraction of sp³-hybridized carbons (Fsp3) is 0.267. The first-order valence-corrected chi connectivity index (χ1v) is 13.4. The van der Waals surface area contributed by atoms with Crippen LogP contribution < -0.4 is 0 Å². The van der Waals surface area contributed by atoms with E-state index in [-0.39, 0.29) is 39.8 Å². The molecule has 2 nitrogen and oxygen atoms in total. The first kappa shape index (κ1) is 23.2. The number of thioether (sulfide) groups is 2. The predicted molar refractivity (Wildman–Crippen MR) is 142 cm³/mol. The zero-order valence-electron chi connectivity index (χ0n) is 19.7. The summed E-state index contributed by atoms with van der Waals surface area (Å²) < 4.78 is 0. The molecule has 3 aliphatic carbocycles. The Kier molecular flexibility index (Phi) is 6.30. The molecular formula is C30H28O2S2. The molecule has 0 bridgehead atoms. The summed E-state index contributed by atoms with van der Waals surface area (Å²) in [5.41, 5.74) is 4.13. The van der Waals surface area contributed by atoms with Crippen LogP contribution in [0.4, 0.5) is 0 Å². The third-order valence-electron chi connectivity index (χ3n) is 6.51. The highest BCUT2D eigenvalue weighted by Crippen LogP contribution is 2.45. The number of ketones is 2. The van der Waals surface area contributed by atoms with Gasteiger partial charge >= 0.3 is 0 Å². The van der Waals surface area contributed by atoms with Gasteiger partial charge in [0.05, 0.1) is 11.7 Å². The number of hydrogen-bond donors (Lipinski definition) is 0. The average Bonchev–Trinajstić information content (AvgIpc) is 2.81.